The van der Waals surface area contributed by atoms with Gasteiger partial charge < -0.3 is 10.2 Å². The van der Waals surface area contributed by atoms with Gasteiger partial charge in [0.25, 0.3) is 0 Å². The molecule has 0 saturated carbocycles. The van der Waals surface area contributed by atoms with Crippen LogP contribution < -0.4 is 5.32 Å². The number of likely N-dealkylation sites (N-methyl/N-ethyl adjacent to an activating group) is 1. The minimum absolute atomic E-state index is 0.648. The second-order valence-corrected chi connectivity index (χ2v) is 6.10. The summed E-state index contributed by atoms with van der Waals surface area (Å²) in [6.07, 6.45) is 1.30. The van der Waals surface area contributed by atoms with Crippen molar-refractivity contribution in [1.29, 1.82) is 0 Å². The summed E-state index contributed by atoms with van der Waals surface area (Å²) in [7, 11) is 2.24. The highest BCUT2D eigenvalue weighted by Gasteiger charge is 2.23. The molecule has 1 aliphatic rings. The Balaban J connectivity index is 2.35. The highest BCUT2D eigenvalue weighted by Crippen LogP contribution is 2.11. The Morgan fingerprint density at radius 1 is 1.18 bits per heavy atom. The maximum atomic E-state index is 3.58. The summed E-state index contributed by atoms with van der Waals surface area (Å²) in [4.78, 5) is 5.12. The van der Waals surface area contributed by atoms with Gasteiger partial charge in [0.2, 0.25) is 0 Å². The fraction of sp³-hybridized carbons (Fsp3) is 1.00. The van der Waals surface area contributed by atoms with Crippen LogP contribution in [-0.2, 0) is 0 Å². The summed E-state index contributed by atoms with van der Waals surface area (Å²) in [5.74, 6) is 0.745. The normalized spacial score (nSPS) is 26.1. The minimum atomic E-state index is 0.648. The lowest BCUT2D eigenvalue weighted by Gasteiger charge is -2.33. The van der Waals surface area contributed by atoms with Crippen LogP contribution in [0.2, 0.25) is 0 Å². The molecule has 17 heavy (non-hydrogen) atoms. The SMILES string of the molecule is CC(C)CNCC(C)N1CCCN(C)CC1C. The van der Waals surface area contributed by atoms with Crippen molar-refractivity contribution in [2.24, 2.45) is 5.92 Å². The second-order valence-electron chi connectivity index (χ2n) is 6.10. The highest BCUT2D eigenvalue weighted by molar-refractivity contribution is 4.80. The largest absolute Gasteiger partial charge is 0.315 e. The molecular formula is C14H31N3. The summed E-state index contributed by atoms with van der Waals surface area (Å²) < 4.78 is 0. The van der Waals surface area contributed by atoms with Gasteiger partial charge in [0.05, 0.1) is 0 Å². The van der Waals surface area contributed by atoms with E-state index < -0.39 is 0 Å². The van der Waals surface area contributed by atoms with Crippen molar-refractivity contribution in [2.45, 2.75) is 46.2 Å². The molecule has 2 atom stereocenters. The van der Waals surface area contributed by atoms with E-state index in [1.54, 1.807) is 0 Å². The number of hydrogen-bond acceptors (Lipinski definition) is 3. The molecule has 1 rings (SSSR count). The molecule has 0 aromatic rings. The van der Waals surface area contributed by atoms with E-state index in [1.807, 2.05) is 0 Å². The van der Waals surface area contributed by atoms with Crippen molar-refractivity contribution in [3.8, 4) is 0 Å². The molecule has 3 nitrogen and oxygen atoms in total. The van der Waals surface area contributed by atoms with Gasteiger partial charge in [-0.25, -0.2) is 0 Å². The first-order chi connectivity index (χ1) is 8.00. The van der Waals surface area contributed by atoms with Gasteiger partial charge in [-0.2, -0.15) is 0 Å². The summed E-state index contributed by atoms with van der Waals surface area (Å²) in [5.41, 5.74) is 0. The topological polar surface area (TPSA) is 18.5 Å². The monoisotopic (exact) mass is 241 g/mol. The Hall–Kier alpha value is -0.120. The molecule has 0 spiro atoms. The highest BCUT2D eigenvalue weighted by atomic mass is 15.3. The van der Waals surface area contributed by atoms with E-state index in [4.69, 9.17) is 0 Å². The number of rotatable bonds is 5. The first kappa shape index (κ1) is 14.9. The first-order valence-corrected chi connectivity index (χ1v) is 7.15. The van der Waals surface area contributed by atoms with Gasteiger partial charge in [-0.1, -0.05) is 13.8 Å². The van der Waals surface area contributed by atoms with Crippen LogP contribution in [0.4, 0.5) is 0 Å². The number of nitrogens with one attached hydrogen (secondary N) is 1. The van der Waals surface area contributed by atoms with Gasteiger partial charge >= 0.3 is 0 Å². The van der Waals surface area contributed by atoms with Crippen molar-refractivity contribution in [3.05, 3.63) is 0 Å². The van der Waals surface area contributed by atoms with Crippen LogP contribution in [0.3, 0.4) is 0 Å². The number of hydrogen-bond donors (Lipinski definition) is 1. The lowest BCUT2D eigenvalue weighted by Crippen LogP contribution is -2.47. The Morgan fingerprint density at radius 2 is 1.88 bits per heavy atom. The summed E-state index contributed by atoms with van der Waals surface area (Å²) in [6, 6.07) is 1.33. The van der Waals surface area contributed by atoms with Gasteiger partial charge in [0, 0.05) is 31.7 Å². The second kappa shape index (κ2) is 7.34. The van der Waals surface area contributed by atoms with Gasteiger partial charge in [-0.15, -0.1) is 0 Å². The maximum Gasteiger partial charge on any atom is 0.0198 e. The number of nitrogens with zero attached hydrogens (tertiary/aromatic N) is 2. The lowest BCUT2D eigenvalue weighted by molar-refractivity contribution is 0.149. The van der Waals surface area contributed by atoms with Gasteiger partial charge in [0.1, 0.15) is 0 Å². The van der Waals surface area contributed by atoms with Crippen molar-refractivity contribution >= 4 is 0 Å². The van der Waals surface area contributed by atoms with Crippen LogP contribution in [0.1, 0.15) is 34.1 Å². The molecule has 0 radical (unpaired) electrons. The molecule has 0 aliphatic carbocycles. The molecule has 3 heteroatoms. The van der Waals surface area contributed by atoms with Gasteiger partial charge in [0.15, 0.2) is 0 Å². The molecule has 1 N–H and O–H groups in total. The third-order valence-electron chi connectivity index (χ3n) is 3.66. The van der Waals surface area contributed by atoms with Crippen molar-refractivity contribution < 1.29 is 0 Å². The molecule has 1 aliphatic heterocycles. The third-order valence-corrected chi connectivity index (χ3v) is 3.66. The van der Waals surface area contributed by atoms with E-state index in [-0.39, 0.29) is 0 Å². The third kappa shape index (κ3) is 5.36. The Kier molecular flexibility index (Phi) is 6.45. The van der Waals surface area contributed by atoms with Crippen molar-refractivity contribution in [3.63, 3.8) is 0 Å². The Labute approximate surface area is 108 Å². The van der Waals surface area contributed by atoms with Gasteiger partial charge in [-0.05, 0) is 46.3 Å². The molecule has 1 saturated heterocycles. The van der Waals surface area contributed by atoms with Crippen LogP contribution in [0.5, 0.6) is 0 Å². The van der Waals surface area contributed by atoms with Crippen LogP contribution in [0, 0.1) is 5.92 Å². The van der Waals surface area contributed by atoms with Crippen LogP contribution >= 0.6 is 0 Å². The molecular weight excluding hydrogens is 210 g/mol. The van der Waals surface area contributed by atoms with E-state index in [0.29, 0.717) is 12.1 Å². The predicted octanol–water partition coefficient (Wildman–Crippen LogP) is 1.65. The standard InChI is InChI=1S/C14H31N3/c1-12(2)9-15-10-13(3)17-8-6-7-16(5)11-14(17)4/h12-15H,6-11H2,1-5H3. The summed E-state index contributed by atoms with van der Waals surface area (Å²) in [6.45, 7) is 15.2. The first-order valence-electron chi connectivity index (χ1n) is 7.15. The molecule has 0 bridgehead atoms. The van der Waals surface area contributed by atoms with E-state index >= 15 is 0 Å². The van der Waals surface area contributed by atoms with Gasteiger partial charge in [-0.3, -0.25) is 4.90 Å². The zero-order valence-corrected chi connectivity index (χ0v) is 12.4. The average molecular weight is 241 g/mol. The van der Waals surface area contributed by atoms with Crippen LogP contribution in [-0.4, -0.2) is 61.7 Å². The maximum absolute atomic E-state index is 3.58. The molecule has 102 valence electrons. The van der Waals surface area contributed by atoms with Crippen LogP contribution in [0.25, 0.3) is 0 Å². The van der Waals surface area contributed by atoms with E-state index in [0.717, 1.165) is 19.0 Å². The van der Waals surface area contributed by atoms with Crippen molar-refractivity contribution in [1.82, 2.24) is 15.1 Å². The van der Waals surface area contributed by atoms with Crippen LogP contribution in [0.15, 0.2) is 0 Å². The molecule has 0 aromatic carbocycles. The summed E-state index contributed by atoms with van der Waals surface area (Å²) in [5, 5.41) is 3.58. The summed E-state index contributed by atoms with van der Waals surface area (Å²) >= 11 is 0. The Bertz CT molecular complexity index is 206. The smallest absolute Gasteiger partial charge is 0.0198 e. The Morgan fingerprint density at radius 3 is 2.53 bits per heavy atom. The minimum Gasteiger partial charge on any atom is -0.315 e. The fourth-order valence-corrected chi connectivity index (χ4v) is 2.74. The quantitative estimate of drug-likeness (QED) is 0.789. The lowest BCUT2D eigenvalue weighted by atomic mass is 10.1. The zero-order chi connectivity index (χ0) is 12.8. The fourth-order valence-electron chi connectivity index (χ4n) is 2.74. The van der Waals surface area contributed by atoms with Crippen molar-refractivity contribution in [2.75, 3.05) is 39.8 Å². The van der Waals surface area contributed by atoms with E-state index in [1.165, 1.54) is 26.1 Å². The zero-order valence-electron chi connectivity index (χ0n) is 12.4. The predicted molar refractivity (Wildman–Crippen MR) is 75.5 cm³/mol. The molecule has 1 heterocycles. The van der Waals surface area contributed by atoms with E-state index in [2.05, 4.69) is 49.9 Å². The molecule has 2 unspecified atom stereocenters. The average Bonchev–Trinajstić information content (AvgIpc) is 2.38. The molecule has 0 amide bonds. The van der Waals surface area contributed by atoms with E-state index in [9.17, 15) is 0 Å². The molecule has 1 fully saturated rings. The molecule has 0 aromatic heterocycles.